The first kappa shape index (κ1) is 31.6. The van der Waals surface area contributed by atoms with E-state index in [1.807, 2.05) is 9.80 Å². The van der Waals surface area contributed by atoms with Crippen molar-refractivity contribution >= 4 is 45.8 Å². The molecule has 0 radical (unpaired) electrons. The molecule has 32 heavy (non-hydrogen) atoms. The molecule has 0 spiro atoms. The van der Waals surface area contributed by atoms with Gasteiger partial charge in [0, 0.05) is 52.4 Å². The van der Waals surface area contributed by atoms with E-state index in [0.29, 0.717) is 11.8 Å². The van der Waals surface area contributed by atoms with Crippen molar-refractivity contribution in [1.29, 1.82) is 0 Å². The quantitative estimate of drug-likeness (QED) is 0.368. The van der Waals surface area contributed by atoms with E-state index in [1.165, 1.54) is 0 Å². The largest absolute Gasteiger partial charge is 0.343 e. The van der Waals surface area contributed by atoms with Crippen molar-refractivity contribution in [2.45, 2.75) is 53.4 Å². The van der Waals surface area contributed by atoms with Gasteiger partial charge in [0.05, 0.1) is 11.8 Å². The van der Waals surface area contributed by atoms with Crippen LogP contribution in [-0.4, -0.2) is 96.9 Å². The summed E-state index contributed by atoms with van der Waals surface area (Å²) >= 11 is 0. The lowest BCUT2D eigenvalue weighted by Gasteiger charge is -2.34. The highest BCUT2D eigenvalue weighted by atomic mass is 79.9. The Kier molecular flexibility index (Phi) is 16.8. The molecule has 2 unspecified atom stereocenters. The fourth-order valence-corrected chi connectivity index (χ4v) is 4.88. The molecule has 0 bridgehead atoms. The van der Waals surface area contributed by atoms with Crippen LogP contribution in [0.25, 0.3) is 0 Å². The third-order valence-electron chi connectivity index (χ3n) is 6.75. The third kappa shape index (κ3) is 9.43. The molecule has 0 N–H and O–H groups in total. The molecule has 6 nitrogen and oxygen atoms in total. The lowest BCUT2D eigenvalue weighted by molar-refractivity contribution is -0.137. The van der Waals surface area contributed by atoms with E-state index in [9.17, 15) is 9.59 Å². The molecule has 2 rings (SSSR count). The second-order valence-electron chi connectivity index (χ2n) is 8.69. The molecule has 2 aliphatic rings. The van der Waals surface area contributed by atoms with E-state index in [1.54, 1.807) is 0 Å². The van der Waals surface area contributed by atoms with Crippen LogP contribution in [0.5, 0.6) is 0 Å². The Balaban J connectivity index is 0.00000480. The fraction of sp³-hybridized carbons (Fsp3) is 0.833. The van der Waals surface area contributed by atoms with Gasteiger partial charge < -0.3 is 9.80 Å². The Morgan fingerprint density at radius 2 is 1.06 bits per heavy atom. The lowest BCUT2D eigenvalue weighted by atomic mass is 9.96. The highest BCUT2D eigenvalue weighted by molar-refractivity contribution is 8.93. The normalized spacial score (nSPS) is 22.1. The minimum atomic E-state index is 0. The summed E-state index contributed by atoms with van der Waals surface area (Å²) in [6.07, 6.45) is 8.75. The molecule has 2 heterocycles. The molecule has 2 saturated heterocycles. The lowest BCUT2D eigenvalue weighted by Crippen LogP contribution is -2.45. The third-order valence-corrected chi connectivity index (χ3v) is 6.75. The first-order valence-corrected chi connectivity index (χ1v) is 12.2. The highest BCUT2D eigenvalue weighted by Crippen LogP contribution is 2.20. The van der Waals surface area contributed by atoms with Crippen LogP contribution in [0.3, 0.4) is 0 Å². The summed E-state index contributed by atoms with van der Waals surface area (Å²) in [6, 6.07) is 0. The number of piperidine rings is 2. The molecule has 2 aliphatic heterocycles. The Labute approximate surface area is 217 Å². The average molecular weight is 582 g/mol. The minimum Gasteiger partial charge on any atom is -0.343 e. The summed E-state index contributed by atoms with van der Waals surface area (Å²) in [4.78, 5) is 34.1. The second kappa shape index (κ2) is 17.1. The van der Waals surface area contributed by atoms with Gasteiger partial charge in [-0.15, -0.1) is 34.0 Å². The van der Waals surface area contributed by atoms with Crippen LogP contribution in [0.1, 0.15) is 53.4 Å². The number of halogens is 2. The van der Waals surface area contributed by atoms with Gasteiger partial charge in [0.1, 0.15) is 0 Å². The molecule has 2 fully saturated rings. The first-order chi connectivity index (χ1) is 14.5. The molecule has 0 aromatic rings. The van der Waals surface area contributed by atoms with Gasteiger partial charge in [-0.1, -0.05) is 12.2 Å². The van der Waals surface area contributed by atoms with Crippen LogP contribution < -0.4 is 0 Å². The Bertz CT molecular complexity index is 520. The SMILES string of the molecule is Br.Br.CCN(CC)C(=O)C1CCCN(C/C=C\CN2CCCC(C(=O)N(CC)CC)C2)C1. The van der Waals surface area contributed by atoms with E-state index < -0.39 is 0 Å². The Morgan fingerprint density at radius 3 is 1.38 bits per heavy atom. The van der Waals surface area contributed by atoms with Crippen LogP contribution in [0.4, 0.5) is 0 Å². The van der Waals surface area contributed by atoms with Gasteiger partial charge in [-0.05, 0) is 66.5 Å². The number of carbonyl (C=O) groups excluding carboxylic acids is 2. The summed E-state index contributed by atoms with van der Waals surface area (Å²) in [5, 5.41) is 0. The summed E-state index contributed by atoms with van der Waals surface area (Å²) in [5.74, 6) is 0.957. The number of amides is 2. The van der Waals surface area contributed by atoms with E-state index in [-0.39, 0.29) is 45.8 Å². The van der Waals surface area contributed by atoms with E-state index in [2.05, 4.69) is 49.6 Å². The molecule has 2 atom stereocenters. The maximum atomic E-state index is 12.7. The van der Waals surface area contributed by atoms with E-state index >= 15 is 0 Å². The van der Waals surface area contributed by atoms with E-state index in [0.717, 1.165) is 91.1 Å². The van der Waals surface area contributed by atoms with E-state index in [4.69, 9.17) is 0 Å². The van der Waals surface area contributed by atoms with Crippen LogP contribution in [0.15, 0.2) is 12.2 Å². The van der Waals surface area contributed by atoms with Gasteiger partial charge in [0.25, 0.3) is 0 Å². The molecular formula is C24H46Br2N4O2. The smallest absolute Gasteiger partial charge is 0.226 e. The van der Waals surface area contributed by atoms with Crippen molar-refractivity contribution in [1.82, 2.24) is 19.6 Å². The van der Waals surface area contributed by atoms with Crippen molar-refractivity contribution in [3.8, 4) is 0 Å². The molecule has 0 saturated carbocycles. The number of hydrogen-bond donors (Lipinski definition) is 0. The topological polar surface area (TPSA) is 47.1 Å². The van der Waals surface area contributed by atoms with Gasteiger partial charge in [-0.25, -0.2) is 0 Å². The zero-order valence-corrected chi connectivity index (χ0v) is 24.1. The van der Waals surface area contributed by atoms with Crippen molar-refractivity contribution < 1.29 is 9.59 Å². The van der Waals surface area contributed by atoms with Gasteiger partial charge in [0.15, 0.2) is 0 Å². The number of rotatable bonds is 10. The van der Waals surface area contributed by atoms with Crippen molar-refractivity contribution in [3.05, 3.63) is 12.2 Å². The standard InChI is InChI=1S/C24H44N4O2.2BrH/c1-5-27(6-2)23(29)21-13-11-17-25(19-21)15-9-10-16-26-18-12-14-22(20-26)24(30)28(7-3)8-4;;/h9-10,21-22H,5-8,11-20H2,1-4H3;2*1H/b10-9-;;. The Hall–Kier alpha value is -0.440. The number of hydrogen-bond acceptors (Lipinski definition) is 4. The monoisotopic (exact) mass is 580 g/mol. The van der Waals surface area contributed by atoms with Gasteiger partial charge in [-0.2, -0.15) is 0 Å². The van der Waals surface area contributed by atoms with Crippen LogP contribution in [0, 0.1) is 11.8 Å². The van der Waals surface area contributed by atoms with Crippen LogP contribution in [-0.2, 0) is 9.59 Å². The van der Waals surface area contributed by atoms with Gasteiger partial charge >= 0.3 is 0 Å². The number of likely N-dealkylation sites (tertiary alicyclic amines) is 2. The zero-order chi connectivity index (χ0) is 21.9. The Morgan fingerprint density at radius 1 is 0.719 bits per heavy atom. The molecule has 8 heteroatoms. The summed E-state index contributed by atoms with van der Waals surface area (Å²) in [6.45, 7) is 17.2. The predicted molar refractivity (Wildman–Crippen MR) is 144 cm³/mol. The molecular weight excluding hydrogens is 536 g/mol. The number of carbonyl (C=O) groups is 2. The molecule has 2 amide bonds. The van der Waals surface area contributed by atoms with Crippen molar-refractivity contribution in [2.75, 3.05) is 65.4 Å². The van der Waals surface area contributed by atoms with Crippen LogP contribution in [0.2, 0.25) is 0 Å². The predicted octanol–water partition coefficient (Wildman–Crippen LogP) is 3.86. The molecule has 0 aromatic carbocycles. The fourth-order valence-electron chi connectivity index (χ4n) is 4.88. The number of nitrogens with zero attached hydrogens (tertiary/aromatic N) is 4. The summed E-state index contributed by atoms with van der Waals surface area (Å²) in [5.41, 5.74) is 0. The summed E-state index contributed by atoms with van der Waals surface area (Å²) in [7, 11) is 0. The van der Waals surface area contributed by atoms with Gasteiger partial charge in [0.2, 0.25) is 11.8 Å². The zero-order valence-electron chi connectivity index (χ0n) is 20.6. The minimum absolute atomic E-state index is 0. The van der Waals surface area contributed by atoms with Crippen molar-refractivity contribution in [3.63, 3.8) is 0 Å². The maximum Gasteiger partial charge on any atom is 0.226 e. The first-order valence-electron chi connectivity index (χ1n) is 12.2. The molecule has 0 aromatic heterocycles. The van der Waals surface area contributed by atoms with Crippen LogP contribution >= 0.6 is 34.0 Å². The molecule has 0 aliphatic carbocycles. The maximum absolute atomic E-state index is 12.7. The average Bonchev–Trinajstić information content (AvgIpc) is 2.78. The molecule has 188 valence electrons. The summed E-state index contributed by atoms with van der Waals surface area (Å²) < 4.78 is 0. The van der Waals surface area contributed by atoms with Gasteiger partial charge in [-0.3, -0.25) is 19.4 Å². The second-order valence-corrected chi connectivity index (χ2v) is 8.69. The highest BCUT2D eigenvalue weighted by Gasteiger charge is 2.29. The van der Waals surface area contributed by atoms with Crippen molar-refractivity contribution in [2.24, 2.45) is 11.8 Å².